The normalized spacial score (nSPS) is 17.7. The molecule has 6 heteroatoms. The minimum absolute atomic E-state index is 0.0442. The quantitative estimate of drug-likeness (QED) is 0.820. The zero-order valence-electron chi connectivity index (χ0n) is 14.0. The third-order valence-electron chi connectivity index (χ3n) is 4.81. The second kappa shape index (κ2) is 7.26. The molecule has 1 aromatic heterocycles. The van der Waals surface area contributed by atoms with E-state index < -0.39 is 0 Å². The van der Waals surface area contributed by atoms with Gasteiger partial charge in [-0.1, -0.05) is 30.9 Å². The van der Waals surface area contributed by atoms with Crippen LogP contribution < -0.4 is 15.0 Å². The van der Waals surface area contributed by atoms with Crippen LogP contribution in [0.5, 0.6) is 5.75 Å². The van der Waals surface area contributed by atoms with Gasteiger partial charge in [0.2, 0.25) is 0 Å². The van der Waals surface area contributed by atoms with E-state index in [9.17, 15) is 4.79 Å². The molecular formula is C19H21ClN2O2S. The Hall–Kier alpha value is -1.72. The van der Waals surface area contributed by atoms with Crippen LogP contribution >= 0.6 is 22.9 Å². The smallest absolute Gasteiger partial charge is 0.261 e. The number of hydrogen-bond acceptors (Lipinski definition) is 4. The van der Waals surface area contributed by atoms with Gasteiger partial charge in [-0.3, -0.25) is 4.79 Å². The largest absolute Gasteiger partial charge is 0.490 e. The highest BCUT2D eigenvalue weighted by molar-refractivity contribution is 7.18. The Morgan fingerprint density at radius 1 is 1.20 bits per heavy atom. The summed E-state index contributed by atoms with van der Waals surface area (Å²) < 4.78 is 5.71. The lowest BCUT2D eigenvalue weighted by Gasteiger charge is -2.30. The van der Waals surface area contributed by atoms with E-state index in [1.165, 1.54) is 30.6 Å². The Morgan fingerprint density at radius 3 is 2.88 bits per heavy atom. The Kier molecular flexibility index (Phi) is 4.86. The summed E-state index contributed by atoms with van der Waals surface area (Å²) in [7, 11) is 0. The summed E-state index contributed by atoms with van der Waals surface area (Å²) in [4.78, 5) is 15.5. The number of rotatable bonds is 3. The SMILES string of the molecule is O=C(NC1CCCCC1)c1ccc(N2CCOc3ccc(Cl)cc32)s1. The maximum absolute atomic E-state index is 12.5. The number of thiophene rings is 1. The number of nitrogens with zero attached hydrogens (tertiary/aromatic N) is 1. The second-order valence-corrected chi connectivity index (χ2v) is 8.06. The van der Waals surface area contributed by atoms with E-state index in [4.69, 9.17) is 16.3 Å². The molecule has 2 heterocycles. The first-order chi connectivity index (χ1) is 12.2. The van der Waals surface area contributed by atoms with Crippen molar-refractivity contribution in [1.29, 1.82) is 0 Å². The molecule has 0 bridgehead atoms. The van der Waals surface area contributed by atoms with Crippen molar-refractivity contribution in [2.75, 3.05) is 18.1 Å². The highest BCUT2D eigenvalue weighted by Gasteiger charge is 2.23. The van der Waals surface area contributed by atoms with Crippen molar-refractivity contribution in [2.24, 2.45) is 0 Å². The Labute approximate surface area is 156 Å². The van der Waals surface area contributed by atoms with Crippen molar-refractivity contribution in [2.45, 2.75) is 38.1 Å². The van der Waals surface area contributed by atoms with Gasteiger partial charge < -0.3 is 15.0 Å². The Balaban J connectivity index is 1.52. The first kappa shape index (κ1) is 16.7. The molecule has 0 radical (unpaired) electrons. The lowest BCUT2D eigenvalue weighted by atomic mass is 9.95. The first-order valence-electron chi connectivity index (χ1n) is 8.81. The summed E-state index contributed by atoms with van der Waals surface area (Å²) in [6.45, 7) is 1.37. The van der Waals surface area contributed by atoms with Crippen LogP contribution in [0.15, 0.2) is 30.3 Å². The second-order valence-electron chi connectivity index (χ2n) is 6.56. The highest BCUT2D eigenvalue weighted by Crippen LogP contribution is 2.40. The first-order valence-corrected chi connectivity index (χ1v) is 10.0. The molecule has 1 fully saturated rings. The summed E-state index contributed by atoms with van der Waals surface area (Å²) in [5.74, 6) is 0.875. The fraction of sp³-hybridized carbons (Fsp3) is 0.421. The molecule has 4 nitrogen and oxygen atoms in total. The third-order valence-corrected chi connectivity index (χ3v) is 6.15. The fourth-order valence-electron chi connectivity index (χ4n) is 3.52. The molecular weight excluding hydrogens is 356 g/mol. The van der Waals surface area contributed by atoms with Crippen LogP contribution in [-0.4, -0.2) is 25.1 Å². The van der Waals surface area contributed by atoms with E-state index in [0.29, 0.717) is 17.7 Å². The summed E-state index contributed by atoms with van der Waals surface area (Å²) in [5.41, 5.74) is 0.958. The molecule has 1 saturated carbocycles. The molecule has 1 aromatic carbocycles. The van der Waals surface area contributed by atoms with E-state index in [1.807, 2.05) is 30.3 Å². The van der Waals surface area contributed by atoms with Crippen LogP contribution in [-0.2, 0) is 0 Å². The van der Waals surface area contributed by atoms with Crippen molar-refractivity contribution < 1.29 is 9.53 Å². The van der Waals surface area contributed by atoms with Crippen LogP contribution in [0.25, 0.3) is 0 Å². The highest BCUT2D eigenvalue weighted by atomic mass is 35.5. The van der Waals surface area contributed by atoms with Crippen molar-refractivity contribution in [3.05, 3.63) is 40.2 Å². The number of nitrogens with one attached hydrogen (secondary N) is 1. The van der Waals surface area contributed by atoms with Crippen LogP contribution in [0.3, 0.4) is 0 Å². The van der Waals surface area contributed by atoms with E-state index >= 15 is 0 Å². The summed E-state index contributed by atoms with van der Waals surface area (Å²) in [6.07, 6.45) is 5.91. The van der Waals surface area contributed by atoms with Crippen molar-refractivity contribution in [3.8, 4) is 5.75 Å². The molecule has 1 aliphatic carbocycles. The Morgan fingerprint density at radius 2 is 2.04 bits per heavy atom. The molecule has 0 spiro atoms. The van der Waals surface area contributed by atoms with Crippen molar-refractivity contribution >= 4 is 39.5 Å². The zero-order valence-corrected chi connectivity index (χ0v) is 15.5. The average molecular weight is 377 g/mol. The summed E-state index contributed by atoms with van der Waals surface area (Å²) in [5, 5.41) is 4.91. The van der Waals surface area contributed by atoms with Gasteiger partial charge >= 0.3 is 0 Å². The molecule has 0 atom stereocenters. The minimum Gasteiger partial charge on any atom is -0.490 e. The number of anilines is 2. The van der Waals surface area contributed by atoms with E-state index in [1.54, 1.807) is 0 Å². The molecule has 2 aromatic rings. The molecule has 2 aliphatic rings. The number of carbonyl (C=O) groups is 1. The molecule has 0 saturated heterocycles. The molecule has 1 N–H and O–H groups in total. The number of benzene rings is 1. The fourth-order valence-corrected chi connectivity index (χ4v) is 4.63. The molecule has 132 valence electrons. The Bertz CT molecular complexity index is 771. The number of amides is 1. The lowest BCUT2D eigenvalue weighted by molar-refractivity contribution is 0.0932. The van der Waals surface area contributed by atoms with Gasteiger partial charge in [0.05, 0.1) is 22.1 Å². The van der Waals surface area contributed by atoms with Gasteiger partial charge in [-0.25, -0.2) is 0 Å². The van der Waals surface area contributed by atoms with Crippen LogP contribution in [0.4, 0.5) is 10.7 Å². The maximum atomic E-state index is 12.5. The molecule has 1 aliphatic heterocycles. The van der Waals surface area contributed by atoms with Gasteiger partial charge in [-0.2, -0.15) is 0 Å². The van der Waals surface area contributed by atoms with Crippen LogP contribution in [0.1, 0.15) is 41.8 Å². The number of fused-ring (bicyclic) bond motifs is 1. The van der Waals surface area contributed by atoms with Crippen molar-refractivity contribution in [3.63, 3.8) is 0 Å². The molecule has 25 heavy (non-hydrogen) atoms. The van der Waals surface area contributed by atoms with E-state index in [0.717, 1.165) is 40.7 Å². The van der Waals surface area contributed by atoms with Gasteiger partial charge in [0.15, 0.2) is 0 Å². The standard InChI is InChI=1S/C19H21ClN2O2S/c20-13-6-7-16-15(12-13)22(10-11-24-16)18-9-8-17(25-18)19(23)21-14-4-2-1-3-5-14/h6-9,12,14H,1-5,10-11H2,(H,21,23). The van der Waals surface area contributed by atoms with Gasteiger partial charge in [-0.15, -0.1) is 11.3 Å². The average Bonchev–Trinajstić information content (AvgIpc) is 3.12. The maximum Gasteiger partial charge on any atom is 0.261 e. The van der Waals surface area contributed by atoms with E-state index in [-0.39, 0.29) is 5.91 Å². The van der Waals surface area contributed by atoms with Gasteiger partial charge in [0.1, 0.15) is 12.4 Å². The number of ether oxygens (including phenoxy) is 1. The number of carbonyl (C=O) groups excluding carboxylic acids is 1. The van der Waals surface area contributed by atoms with Gasteiger partial charge in [0, 0.05) is 11.1 Å². The third kappa shape index (κ3) is 3.62. The van der Waals surface area contributed by atoms with E-state index in [2.05, 4.69) is 10.2 Å². The summed E-state index contributed by atoms with van der Waals surface area (Å²) in [6, 6.07) is 9.90. The predicted molar refractivity (Wildman–Crippen MR) is 103 cm³/mol. The molecule has 1 amide bonds. The zero-order chi connectivity index (χ0) is 17.2. The monoisotopic (exact) mass is 376 g/mol. The van der Waals surface area contributed by atoms with Crippen LogP contribution in [0.2, 0.25) is 5.02 Å². The minimum atomic E-state index is 0.0442. The molecule has 4 rings (SSSR count). The number of hydrogen-bond donors (Lipinski definition) is 1. The topological polar surface area (TPSA) is 41.6 Å². The van der Waals surface area contributed by atoms with Crippen LogP contribution in [0, 0.1) is 0 Å². The molecule has 0 unspecified atom stereocenters. The van der Waals surface area contributed by atoms with Gasteiger partial charge in [0.25, 0.3) is 5.91 Å². The van der Waals surface area contributed by atoms with Gasteiger partial charge in [-0.05, 0) is 43.2 Å². The van der Waals surface area contributed by atoms with Crippen molar-refractivity contribution in [1.82, 2.24) is 5.32 Å². The summed E-state index contributed by atoms with van der Waals surface area (Å²) >= 11 is 7.67. The number of halogens is 1. The predicted octanol–water partition coefficient (Wildman–Crippen LogP) is 4.99. The lowest BCUT2D eigenvalue weighted by Crippen LogP contribution is -2.35.